The van der Waals surface area contributed by atoms with Crippen molar-refractivity contribution >= 4 is 11.9 Å². The highest BCUT2D eigenvalue weighted by Crippen LogP contribution is 1.97. The average molecular weight is 268 g/mol. The fourth-order valence-corrected chi connectivity index (χ4v) is 1.30. The van der Waals surface area contributed by atoms with E-state index in [0.717, 1.165) is 4.90 Å². The minimum Gasteiger partial charge on any atom is -0.481 e. The topological polar surface area (TPSA) is 89.9 Å². The van der Waals surface area contributed by atoms with Crippen LogP contribution in [0.5, 0.6) is 0 Å². The molecule has 0 aromatic heterocycles. The van der Waals surface area contributed by atoms with Crippen LogP contribution in [0.3, 0.4) is 0 Å². The van der Waals surface area contributed by atoms with Gasteiger partial charge in [0.2, 0.25) is 5.91 Å². The third-order valence-corrected chi connectivity index (χ3v) is 2.07. The van der Waals surface area contributed by atoms with E-state index in [1.807, 2.05) is 0 Å². The van der Waals surface area contributed by atoms with Gasteiger partial charge < -0.3 is 15.5 Å². The number of aliphatic carboxylic acids is 1. The molecule has 106 valence electrons. The average Bonchev–Trinajstić information content (AvgIpc) is 2.23. The van der Waals surface area contributed by atoms with Crippen molar-refractivity contribution in [3.8, 4) is 0 Å². The number of halogens is 2. The van der Waals surface area contributed by atoms with Crippen molar-refractivity contribution in [3.63, 3.8) is 0 Å². The Morgan fingerprint density at radius 2 is 2.00 bits per heavy atom. The highest BCUT2D eigenvalue weighted by atomic mass is 19.3. The molecule has 0 bridgehead atoms. The molecule has 0 radical (unpaired) electrons. The Labute approximate surface area is 104 Å². The molecule has 8 heteroatoms. The van der Waals surface area contributed by atoms with Crippen molar-refractivity contribution < 1.29 is 28.6 Å². The summed E-state index contributed by atoms with van der Waals surface area (Å²) in [7, 11) is 0. The van der Waals surface area contributed by atoms with Gasteiger partial charge in [0.05, 0.1) is 19.7 Å². The zero-order chi connectivity index (χ0) is 14.0. The Morgan fingerprint density at radius 1 is 1.33 bits per heavy atom. The third kappa shape index (κ3) is 9.91. The number of amides is 1. The maximum absolute atomic E-state index is 12.1. The van der Waals surface area contributed by atoms with Crippen LogP contribution < -0.4 is 5.32 Å². The molecule has 0 fully saturated rings. The molecule has 0 rings (SSSR count). The van der Waals surface area contributed by atoms with Crippen LogP contribution in [0.4, 0.5) is 8.78 Å². The first-order chi connectivity index (χ1) is 8.45. The van der Waals surface area contributed by atoms with Gasteiger partial charge in [-0.15, -0.1) is 0 Å². The summed E-state index contributed by atoms with van der Waals surface area (Å²) in [5.41, 5.74) is 0. The van der Waals surface area contributed by atoms with Gasteiger partial charge in [0.15, 0.2) is 0 Å². The summed E-state index contributed by atoms with van der Waals surface area (Å²) in [6.07, 6.45) is -2.34. The van der Waals surface area contributed by atoms with Crippen molar-refractivity contribution in [2.45, 2.75) is 19.3 Å². The van der Waals surface area contributed by atoms with E-state index < -0.39 is 24.8 Å². The van der Waals surface area contributed by atoms with E-state index in [2.05, 4.69) is 5.32 Å². The monoisotopic (exact) mass is 268 g/mol. The van der Waals surface area contributed by atoms with Crippen LogP contribution in [0.25, 0.3) is 0 Å². The second-order valence-electron chi connectivity index (χ2n) is 3.70. The maximum Gasteiger partial charge on any atom is 0.303 e. The van der Waals surface area contributed by atoms with E-state index in [0.29, 0.717) is 0 Å². The van der Waals surface area contributed by atoms with Gasteiger partial charge in [0.1, 0.15) is 0 Å². The van der Waals surface area contributed by atoms with Crippen molar-refractivity contribution in [2.75, 3.05) is 32.8 Å². The number of nitrogens with one attached hydrogen (secondary N) is 1. The predicted molar refractivity (Wildman–Crippen MR) is 59.4 cm³/mol. The van der Waals surface area contributed by atoms with E-state index in [1.165, 1.54) is 0 Å². The van der Waals surface area contributed by atoms with Gasteiger partial charge in [0, 0.05) is 19.5 Å². The summed E-state index contributed by atoms with van der Waals surface area (Å²) in [6.45, 7) is -0.945. The molecule has 0 heterocycles. The van der Waals surface area contributed by atoms with Crippen LogP contribution in [0, 0.1) is 0 Å². The first-order valence-electron chi connectivity index (χ1n) is 5.55. The smallest absolute Gasteiger partial charge is 0.303 e. The molecule has 0 aromatic rings. The lowest BCUT2D eigenvalue weighted by atomic mass is 10.3. The standard InChI is InChI=1S/C10H18F2N2O4/c11-8(12)6-14(4-5-15)7-9(16)13-3-1-2-10(17)18/h8,15H,1-7H2,(H,13,16)(H,17,18). The molecule has 0 aliphatic carbocycles. The van der Waals surface area contributed by atoms with E-state index in [9.17, 15) is 18.4 Å². The van der Waals surface area contributed by atoms with Crippen LogP contribution in [0.15, 0.2) is 0 Å². The highest BCUT2D eigenvalue weighted by Gasteiger charge is 2.14. The molecule has 6 nitrogen and oxygen atoms in total. The van der Waals surface area contributed by atoms with Crippen LogP contribution in [0.2, 0.25) is 0 Å². The van der Waals surface area contributed by atoms with Gasteiger partial charge in [-0.1, -0.05) is 0 Å². The summed E-state index contributed by atoms with van der Waals surface area (Å²) in [5, 5.41) is 19.4. The Hall–Kier alpha value is -1.28. The van der Waals surface area contributed by atoms with Crippen molar-refractivity contribution in [3.05, 3.63) is 0 Å². The number of carbonyl (C=O) groups excluding carboxylic acids is 1. The second-order valence-corrected chi connectivity index (χ2v) is 3.70. The Kier molecular flexibility index (Phi) is 9.03. The highest BCUT2D eigenvalue weighted by molar-refractivity contribution is 5.78. The number of aliphatic hydroxyl groups excluding tert-OH is 1. The number of hydrogen-bond acceptors (Lipinski definition) is 4. The van der Waals surface area contributed by atoms with Crippen molar-refractivity contribution in [1.29, 1.82) is 0 Å². The van der Waals surface area contributed by atoms with Gasteiger partial charge in [-0.25, -0.2) is 8.78 Å². The largest absolute Gasteiger partial charge is 0.481 e. The number of carbonyl (C=O) groups is 2. The number of carboxylic acid groups (broad SMARTS) is 1. The van der Waals surface area contributed by atoms with Gasteiger partial charge >= 0.3 is 5.97 Å². The van der Waals surface area contributed by atoms with E-state index in [-0.39, 0.29) is 39.1 Å². The molecule has 0 spiro atoms. The fraction of sp³-hybridized carbons (Fsp3) is 0.800. The van der Waals surface area contributed by atoms with E-state index in [4.69, 9.17) is 10.2 Å². The van der Waals surface area contributed by atoms with Crippen LogP contribution >= 0.6 is 0 Å². The Bertz CT molecular complexity index is 264. The Balaban J connectivity index is 3.83. The summed E-state index contributed by atoms with van der Waals surface area (Å²) in [6, 6.07) is 0. The number of alkyl halides is 2. The number of rotatable bonds is 10. The first-order valence-corrected chi connectivity index (χ1v) is 5.55. The second kappa shape index (κ2) is 9.72. The SMILES string of the molecule is O=C(O)CCCNC(=O)CN(CCO)CC(F)F. The summed E-state index contributed by atoms with van der Waals surface area (Å²) in [5.74, 6) is -1.42. The first kappa shape index (κ1) is 16.7. The lowest BCUT2D eigenvalue weighted by molar-refractivity contribution is -0.137. The number of aliphatic hydroxyl groups is 1. The molecular formula is C10H18F2N2O4. The maximum atomic E-state index is 12.1. The minimum absolute atomic E-state index is 0.00706. The van der Waals surface area contributed by atoms with Crippen LogP contribution in [0.1, 0.15) is 12.8 Å². The van der Waals surface area contributed by atoms with Crippen LogP contribution in [-0.2, 0) is 9.59 Å². The van der Waals surface area contributed by atoms with Gasteiger partial charge in [-0.2, -0.15) is 0 Å². The van der Waals surface area contributed by atoms with Gasteiger partial charge in [-0.05, 0) is 6.42 Å². The molecule has 0 atom stereocenters. The predicted octanol–water partition coefficient (Wildman–Crippen LogP) is -0.473. The lowest BCUT2D eigenvalue weighted by Crippen LogP contribution is -2.41. The molecule has 0 unspecified atom stereocenters. The Morgan fingerprint density at radius 3 is 2.50 bits per heavy atom. The van der Waals surface area contributed by atoms with Crippen molar-refractivity contribution in [1.82, 2.24) is 10.2 Å². The third-order valence-electron chi connectivity index (χ3n) is 2.07. The van der Waals surface area contributed by atoms with Gasteiger partial charge in [0.25, 0.3) is 6.43 Å². The zero-order valence-corrected chi connectivity index (χ0v) is 9.94. The van der Waals surface area contributed by atoms with E-state index in [1.54, 1.807) is 0 Å². The van der Waals surface area contributed by atoms with Crippen LogP contribution in [-0.4, -0.2) is 66.2 Å². The summed E-state index contributed by atoms with van der Waals surface area (Å²) < 4.78 is 24.3. The molecule has 0 aliphatic heterocycles. The summed E-state index contributed by atoms with van der Waals surface area (Å²) >= 11 is 0. The molecule has 0 aromatic carbocycles. The van der Waals surface area contributed by atoms with Crippen molar-refractivity contribution in [2.24, 2.45) is 0 Å². The molecule has 0 aliphatic rings. The molecule has 0 saturated heterocycles. The molecule has 3 N–H and O–H groups in total. The summed E-state index contributed by atoms with van der Waals surface area (Å²) in [4.78, 5) is 22.7. The molecule has 18 heavy (non-hydrogen) atoms. The van der Waals surface area contributed by atoms with Gasteiger partial charge in [-0.3, -0.25) is 14.5 Å². The number of hydrogen-bond donors (Lipinski definition) is 3. The molecular weight excluding hydrogens is 250 g/mol. The number of nitrogens with zero attached hydrogens (tertiary/aromatic N) is 1. The quantitative estimate of drug-likeness (QED) is 0.466. The fourth-order valence-electron chi connectivity index (χ4n) is 1.30. The van der Waals surface area contributed by atoms with E-state index >= 15 is 0 Å². The normalized spacial score (nSPS) is 10.9. The minimum atomic E-state index is -2.57. The molecule has 1 amide bonds. The zero-order valence-electron chi connectivity index (χ0n) is 9.94. The molecule has 0 saturated carbocycles. The lowest BCUT2D eigenvalue weighted by Gasteiger charge is -2.19. The number of carboxylic acids is 1.